The van der Waals surface area contributed by atoms with Gasteiger partial charge in [-0.2, -0.15) is 0 Å². The second kappa shape index (κ2) is 4.91. The van der Waals surface area contributed by atoms with Crippen LogP contribution in [0.15, 0.2) is 0 Å². The van der Waals surface area contributed by atoms with Gasteiger partial charge in [0.1, 0.15) is 0 Å². The fraction of sp³-hybridized carbons (Fsp3) is 0.818. The molecule has 1 aliphatic carbocycles. The molecule has 1 aliphatic heterocycles. The maximum atomic E-state index is 12.1. The van der Waals surface area contributed by atoms with Gasteiger partial charge in [-0.1, -0.05) is 0 Å². The fourth-order valence-corrected chi connectivity index (χ4v) is 2.24. The third-order valence-electron chi connectivity index (χ3n) is 3.59. The van der Waals surface area contributed by atoms with Crippen LogP contribution in [0.3, 0.4) is 0 Å². The fourth-order valence-electron chi connectivity index (χ4n) is 2.24. The molecule has 2 amide bonds. The van der Waals surface area contributed by atoms with E-state index in [0.29, 0.717) is 39.1 Å². The average molecular weight is 242 g/mol. The molecule has 17 heavy (non-hydrogen) atoms. The van der Waals surface area contributed by atoms with Crippen molar-refractivity contribution in [1.82, 2.24) is 9.80 Å². The van der Waals surface area contributed by atoms with E-state index in [2.05, 4.69) is 0 Å². The van der Waals surface area contributed by atoms with Crippen LogP contribution < -0.4 is 0 Å². The Hall–Kier alpha value is -1.30. The van der Waals surface area contributed by atoms with Crippen molar-refractivity contribution in [3.63, 3.8) is 0 Å². The summed E-state index contributed by atoms with van der Waals surface area (Å²) in [4.78, 5) is 26.2. The van der Waals surface area contributed by atoms with Crippen molar-refractivity contribution in [2.24, 2.45) is 5.92 Å². The van der Waals surface area contributed by atoms with Crippen molar-refractivity contribution in [3.05, 3.63) is 0 Å². The van der Waals surface area contributed by atoms with Crippen LogP contribution in [-0.2, 0) is 9.53 Å². The van der Waals surface area contributed by atoms with Gasteiger partial charge in [0.05, 0.1) is 19.1 Å². The number of aliphatic carboxylic acids is 1. The van der Waals surface area contributed by atoms with E-state index >= 15 is 0 Å². The molecule has 0 aromatic heterocycles. The summed E-state index contributed by atoms with van der Waals surface area (Å²) < 4.78 is 5.19. The molecule has 0 atom stereocenters. The molecule has 0 unspecified atom stereocenters. The lowest BCUT2D eigenvalue weighted by atomic mass is 9.79. The van der Waals surface area contributed by atoms with E-state index in [1.807, 2.05) is 0 Å². The highest BCUT2D eigenvalue weighted by atomic mass is 16.5. The number of carbonyl (C=O) groups is 2. The molecule has 96 valence electrons. The van der Waals surface area contributed by atoms with Crippen molar-refractivity contribution < 1.29 is 19.4 Å². The summed E-state index contributed by atoms with van der Waals surface area (Å²) in [6.45, 7) is 2.42. The summed E-state index contributed by atoms with van der Waals surface area (Å²) in [7, 11) is 1.75. The number of urea groups is 1. The number of carboxylic acids is 1. The SMILES string of the molecule is CN(C(=O)N1CCOCC1)C1CC(C(=O)O)C1. The third-order valence-corrected chi connectivity index (χ3v) is 3.59. The largest absolute Gasteiger partial charge is 0.481 e. The van der Waals surface area contributed by atoms with Gasteiger partial charge in [0.25, 0.3) is 0 Å². The van der Waals surface area contributed by atoms with Crippen LogP contribution in [0.2, 0.25) is 0 Å². The van der Waals surface area contributed by atoms with Gasteiger partial charge in [0.2, 0.25) is 0 Å². The first kappa shape index (κ1) is 12.2. The van der Waals surface area contributed by atoms with E-state index in [0.717, 1.165) is 0 Å². The topological polar surface area (TPSA) is 70.1 Å². The second-order valence-electron chi connectivity index (χ2n) is 4.65. The third kappa shape index (κ3) is 2.52. The lowest BCUT2D eigenvalue weighted by Crippen LogP contribution is -2.54. The van der Waals surface area contributed by atoms with Crippen molar-refractivity contribution in [1.29, 1.82) is 0 Å². The Labute approximate surface area is 100 Å². The number of rotatable bonds is 2. The molecule has 0 aromatic carbocycles. The Morgan fingerprint density at radius 3 is 2.41 bits per heavy atom. The molecular weight excluding hydrogens is 224 g/mol. The second-order valence-corrected chi connectivity index (χ2v) is 4.65. The van der Waals surface area contributed by atoms with Gasteiger partial charge in [0.15, 0.2) is 0 Å². The Balaban J connectivity index is 1.82. The maximum Gasteiger partial charge on any atom is 0.320 e. The molecule has 2 rings (SSSR count). The van der Waals surface area contributed by atoms with Crippen LogP contribution in [0.1, 0.15) is 12.8 Å². The highest BCUT2D eigenvalue weighted by molar-refractivity contribution is 5.76. The predicted molar refractivity (Wildman–Crippen MR) is 59.7 cm³/mol. The quantitative estimate of drug-likeness (QED) is 0.752. The minimum absolute atomic E-state index is 0.0119. The number of amides is 2. The molecule has 0 radical (unpaired) electrons. The van der Waals surface area contributed by atoms with Gasteiger partial charge in [-0.25, -0.2) is 4.79 Å². The summed E-state index contributed by atoms with van der Waals surface area (Å²) in [5.41, 5.74) is 0. The molecule has 1 saturated carbocycles. The first-order valence-corrected chi connectivity index (χ1v) is 5.92. The Kier molecular flexibility index (Phi) is 3.51. The first-order valence-electron chi connectivity index (χ1n) is 5.92. The Morgan fingerprint density at radius 2 is 1.88 bits per heavy atom. The molecule has 1 saturated heterocycles. The standard InChI is InChI=1S/C11H18N2O4/c1-12(9-6-8(7-9)10(14)15)11(16)13-2-4-17-5-3-13/h8-9H,2-7H2,1H3,(H,14,15). The van der Waals surface area contributed by atoms with Crippen LogP contribution in [0.5, 0.6) is 0 Å². The molecule has 6 heteroatoms. The van der Waals surface area contributed by atoms with Crippen LogP contribution in [-0.4, -0.2) is 66.3 Å². The van der Waals surface area contributed by atoms with E-state index in [1.54, 1.807) is 16.8 Å². The highest BCUT2D eigenvalue weighted by Crippen LogP contribution is 2.31. The average Bonchev–Trinajstić information content (AvgIpc) is 2.26. The summed E-state index contributed by atoms with van der Waals surface area (Å²) in [6, 6.07) is 0.0635. The summed E-state index contributed by atoms with van der Waals surface area (Å²) in [5, 5.41) is 8.79. The molecule has 0 bridgehead atoms. The van der Waals surface area contributed by atoms with Crippen molar-refractivity contribution in [2.45, 2.75) is 18.9 Å². The van der Waals surface area contributed by atoms with E-state index in [4.69, 9.17) is 9.84 Å². The minimum atomic E-state index is -0.756. The maximum absolute atomic E-state index is 12.1. The number of carbonyl (C=O) groups excluding carboxylic acids is 1. The molecule has 2 fully saturated rings. The van der Waals surface area contributed by atoms with Crippen LogP contribution >= 0.6 is 0 Å². The van der Waals surface area contributed by atoms with E-state index in [9.17, 15) is 9.59 Å². The zero-order valence-corrected chi connectivity index (χ0v) is 9.96. The molecule has 1 N–H and O–H groups in total. The van der Waals surface area contributed by atoms with Gasteiger partial charge in [-0.05, 0) is 12.8 Å². The van der Waals surface area contributed by atoms with Crippen molar-refractivity contribution in [3.8, 4) is 0 Å². The number of ether oxygens (including phenoxy) is 1. The van der Waals surface area contributed by atoms with Gasteiger partial charge >= 0.3 is 12.0 Å². The molecule has 0 spiro atoms. The molecule has 2 aliphatic rings. The molecule has 6 nitrogen and oxygen atoms in total. The number of hydrogen-bond donors (Lipinski definition) is 1. The predicted octanol–water partition coefficient (Wildman–Crippen LogP) is 0.234. The van der Waals surface area contributed by atoms with E-state index in [-0.39, 0.29) is 18.0 Å². The van der Waals surface area contributed by atoms with E-state index < -0.39 is 5.97 Å². The normalized spacial score (nSPS) is 28.4. The summed E-state index contributed by atoms with van der Waals surface area (Å²) in [6.07, 6.45) is 1.14. The number of hydrogen-bond acceptors (Lipinski definition) is 3. The minimum Gasteiger partial charge on any atom is -0.481 e. The molecular formula is C11H18N2O4. The lowest BCUT2D eigenvalue weighted by Gasteiger charge is -2.41. The molecule has 1 heterocycles. The summed E-state index contributed by atoms with van der Waals surface area (Å²) in [5.74, 6) is -1.03. The Morgan fingerprint density at radius 1 is 1.29 bits per heavy atom. The number of carboxylic acid groups (broad SMARTS) is 1. The smallest absolute Gasteiger partial charge is 0.320 e. The summed E-state index contributed by atoms with van der Waals surface area (Å²) >= 11 is 0. The zero-order chi connectivity index (χ0) is 12.4. The van der Waals surface area contributed by atoms with Crippen LogP contribution in [0.25, 0.3) is 0 Å². The molecule has 0 aromatic rings. The van der Waals surface area contributed by atoms with Crippen LogP contribution in [0, 0.1) is 5.92 Å². The van der Waals surface area contributed by atoms with Gasteiger partial charge in [0, 0.05) is 26.2 Å². The Bertz CT molecular complexity index is 309. The van der Waals surface area contributed by atoms with Crippen molar-refractivity contribution >= 4 is 12.0 Å². The van der Waals surface area contributed by atoms with Gasteiger partial charge in [-0.15, -0.1) is 0 Å². The first-order chi connectivity index (χ1) is 8.09. The number of morpholine rings is 1. The monoisotopic (exact) mass is 242 g/mol. The lowest BCUT2D eigenvalue weighted by molar-refractivity contribution is -0.146. The van der Waals surface area contributed by atoms with Crippen molar-refractivity contribution in [2.75, 3.05) is 33.4 Å². The van der Waals surface area contributed by atoms with Gasteiger partial charge < -0.3 is 19.6 Å². The number of nitrogens with zero attached hydrogens (tertiary/aromatic N) is 2. The zero-order valence-electron chi connectivity index (χ0n) is 9.96. The highest BCUT2D eigenvalue weighted by Gasteiger charge is 2.39. The van der Waals surface area contributed by atoms with Crippen LogP contribution in [0.4, 0.5) is 4.79 Å². The van der Waals surface area contributed by atoms with Gasteiger partial charge in [-0.3, -0.25) is 4.79 Å². The van der Waals surface area contributed by atoms with E-state index in [1.165, 1.54) is 0 Å².